The summed E-state index contributed by atoms with van der Waals surface area (Å²) in [6, 6.07) is 6.32. The van der Waals surface area contributed by atoms with Gasteiger partial charge in [-0.2, -0.15) is 4.39 Å². The molecule has 0 atom stereocenters. The van der Waals surface area contributed by atoms with E-state index in [0.29, 0.717) is 0 Å². The molecule has 0 aliphatic rings. The van der Waals surface area contributed by atoms with E-state index in [-0.39, 0.29) is 16.9 Å². The van der Waals surface area contributed by atoms with Crippen LogP contribution in [0.5, 0.6) is 0 Å². The third-order valence-corrected chi connectivity index (χ3v) is 2.54. The van der Waals surface area contributed by atoms with Gasteiger partial charge in [0.25, 0.3) is 5.91 Å². The Hall–Kier alpha value is -2.83. The van der Waals surface area contributed by atoms with Crippen LogP contribution in [0.25, 0.3) is 0 Å². The first-order valence-electron chi connectivity index (χ1n) is 5.96. The molecule has 2 aromatic rings. The zero-order valence-electron chi connectivity index (χ0n) is 11.0. The maximum atomic E-state index is 13.5. The van der Waals surface area contributed by atoms with Gasteiger partial charge in [-0.05, 0) is 30.3 Å². The highest BCUT2D eigenvalue weighted by atomic mass is 19.1. The fourth-order valence-electron chi connectivity index (χ4n) is 1.64. The van der Waals surface area contributed by atoms with Crippen molar-refractivity contribution in [3.05, 3.63) is 53.9 Å². The van der Waals surface area contributed by atoms with E-state index in [1.54, 1.807) is 0 Å². The molecular formula is C14H11F2N3O2. The van der Waals surface area contributed by atoms with Crippen molar-refractivity contribution in [3.8, 4) is 0 Å². The van der Waals surface area contributed by atoms with E-state index in [1.807, 2.05) is 0 Å². The van der Waals surface area contributed by atoms with E-state index in [2.05, 4.69) is 15.6 Å². The molecule has 0 unspecified atom stereocenters. The summed E-state index contributed by atoms with van der Waals surface area (Å²) < 4.78 is 26.8. The van der Waals surface area contributed by atoms with E-state index >= 15 is 0 Å². The first-order valence-corrected chi connectivity index (χ1v) is 5.96. The number of aromatic nitrogens is 1. The maximum Gasteiger partial charge on any atom is 0.260 e. The van der Waals surface area contributed by atoms with Crippen LogP contribution in [0.2, 0.25) is 0 Å². The lowest BCUT2D eigenvalue weighted by atomic mass is 10.2. The second kappa shape index (κ2) is 6.08. The van der Waals surface area contributed by atoms with Gasteiger partial charge in [0.2, 0.25) is 11.9 Å². The largest absolute Gasteiger partial charge is 0.324 e. The summed E-state index contributed by atoms with van der Waals surface area (Å²) in [5.74, 6) is -2.72. The molecular weight excluding hydrogens is 280 g/mol. The molecule has 21 heavy (non-hydrogen) atoms. The molecule has 2 N–H and O–H groups in total. The Morgan fingerprint density at radius 3 is 2.57 bits per heavy atom. The predicted octanol–water partition coefficient (Wildman–Crippen LogP) is 2.57. The zero-order valence-corrected chi connectivity index (χ0v) is 11.0. The zero-order chi connectivity index (χ0) is 15.4. The van der Waals surface area contributed by atoms with E-state index in [0.717, 1.165) is 6.07 Å². The van der Waals surface area contributed by atoms with E-state index in [4.69, 9.17) is 0 Å². The van der Waals surface area contributed by atoms with Gasteiger partial charge in [0, 0.05) is 18.8 Å². The normalized spacial score (nSPS) is 10.0. The number of pyridine rings is 1. The van der Waals surface area contributed by atoms with Gasteiger partial charge in [-0.15, -0.1) is 0 Å². The molecule has 1 aromatic carbocycles. The van der Waals surface area contributed by atoms with Gasteiger partial charge < -0.3 is 10.6 Å². The molecule has 0 aliphatic heterocycles. The number of hydrogen-bond acceptors (Lipinski definition) is 3. The van der Waals surface area contributed by atoms with Crippen LogP contribution >= 0.6 is 0 Å². The third kappa shape index (κ3) is 3.59. The van der Waals surface area contributed by atoms with Crippen LogP contribution < -0.4 is 10.6 Å². The molecule has 0 spiro atoms. The Labute approximate surface area is 119 Å². The smallest absolute Gasteiger partial charge is 0.260 e. The standard InChI is InChI=1S/C14H11F2N3O2/c1-8(20)18-12-7-9(4-5-11(12)15)19-14(21)10-3-2-6-17-13(10)16/h2-7H,1H3,(H,18,20)(H,19,21). The Morgan fingerprint density at radius 2 is 1.90 bits per heavy atom. The Morgan fingerprint density at radius 1 is 1.14 bits per heavy atom. The molecule has 108 valence electrons. The number of carbonyl (C=O) groups is 2. The average Bonchev–Trinajstić information content (AvgIpc) is 2.42. The minimum atomic E-state index is -0.904. The van der Waals surface area contributed by atoms with Crippen molar-refractivity contribution in [2.45, 2.75) is 6.92 Å². The summed E-state index contributed by atoms with van der Waals surface area (Å²) in [4.78, 5) is 26.2. The lowest BCUT2D eigenvalue weighted by Crippen LogP contribution is -2.15. The highest BCUT2D eigenvalue weighted by molar-refractivity contribution is 6.04. The predicted molar refractivity (Wildman–Crippen MR) is 72.9 cm³/mol. The molecule has 1 heterocycles. The van der Waals surface area contributed by atoms with Gasteiger partial charge >= 0.3 is 0 Å². The minimum absolute atomic E-state index is 0.0769. The first-order chi connectivity index (χ1) is 9.97. The molecule has 2 amide bonds. The lowest BCUT2D eigenvalue weighted by Gasteiger charge is -2.09. The van der Waals surface area contributed by atoms with E-state index in [9.17, 15) is 18.4 Å². The van der Waals surface area contributed by atoms with Gasteiger partial charge in [-0.1, -0.05) is 0 Å². The van der Waals surface area contributed by atoms with Crippen molar-refractivity contribution in [2.24, 2.45) is 0 Å². The number of benzene rings is 1. The highest BCUT2D eigenvalue weighted by Gasteiger charge is 2.13. The SMILES string of the molecule is CC(=O)Nc1cc(NC(=O)c2cccnc2F)ccc1F. The maximum absolute atomic E-state index is 13.5. The molecule has 0 bridgehead atoms. The summed E-state index contributed by atoms with van der Waals surface area (Å²) in [6.07, 6.45) is 1.22. The van der Waals surface area contributed by atoms with Crippen LogP contribution in [0.3, 0.4) is 0 Å². The number of rotatable bonds is 3. The number of amides is 2. The minimum Gasteiger partial charge on any atom is -0.324 e. The number of nitrogens with zero attached hydrogens (tertiary/aromatic N) is 1. The number of nitrogens with one attached hydrogen (secondary N) is 2. The van der Waals surface area contributed by atoms with Crippen molar-refractivity contribution in [1.29, 1.82) is 0 Å². The van der Waals surface area contributed by atoms with Crippen LogP contribution in [0.1, 0.15) is 17.3 Å². The summed E-state index contributed by atoms with van der Waals surface area (Å²) >= 11 is 0. The summed E-state index contributed by atoms with van der Waals surface area (Å²) in [5.41, 5.74) is -0.0942. The quantitative estimate of drug-likeness (QED) is 0.854. The van der Waals surface area contributed by atoms with Crippen LogP contribution in [0, 0.1) is 11.8 Å². The van der Waals surface area contributed by atoms with Crippen molar-refractivity contribution in [3.63, 3.8) is 0 Å². The van der Waals surface area contributed by atoms with E-state index in [1.165, 1.54) is 37.4 Å². The fourth-order valence-corrected chi connectivity index (χ4v) is 1.64. The molecule has 0 radical (unpaired) electrons. The molecule has 0 aliphatic carbocycles. The van der Waals surface area contributed by atoms with Gasteiger partial charge in [0.15, 0.2) is 0 Å². The van der Waals surface area contributed by atoms with Crippen molar-refractivity contribution in [1.82, 2.24) is 4.98 Å². The molecule has 5 nitrogen and oxygen atoms in total. The number of anilines is 2. The molecule has 2 rings (SSSR count). The summed E-state index contributed by atoms with van der Waals surface area (Å²) in [5, 5.41) is 4.69. The average molecular weight is 291 g/mol. The number of hydrogen-bond donors (Lipinski definition) is 2. The Kier molecular flexibility index (Phi) is 4.22. The highest BCUT2D eigenvalue weighted by Crippen LogP contribution is 2.20. The van der Waals surface area contributed by atoms with Crippen LogP contribution in [0.15, 0.2) is 36.5 Å². The molecule has 0 fully saturated rings. The number of carbonyl (C=O) groups excluding carboxylic acids is 2. The molecule has 7 heteroatoms. The van der Waals surface area contributed by atoms with Crippen LogP contribution in [0.4, 0.5) is 20.2 Å². The Bertz CT molecular complexity index is 704. The van der Waals surface area contributed by atoms with Gasteiger partial charge in [-0.25, -0.2) is 9.37 Å². The van der Waals surface area contributed by atoms with Crippen molar-refractivity contribution in [2.75, 3.05) is 10.6 Å². The third-order valence-electron chi connectivity index (χ3n) is 2.54. The van der Waals surface area contributed by atoms with Crippen LogP contribution in [-0.4, -0.2) is 16.8 Å². The first kappa shape index (κ1) is 14.6. The van der Waals surface area contributed by atoms with Gasteiger partial charge in [0.05, 0.1) is 11.3 Å². The van der Waals surface area contributed by atoms with Crippen LogP contribution in [-0.2, 0) is 4.79 Å². The molecule has 0 saturated heterocycles. The number of halogens is 2. The summed E-state index contributed by atoms with van der Waals surface area (Å²) in [7, 11) is 0. The fraction of sp³-hybridized carbons (Fsp3) is 0.0714. The molecule has 1 aromatic heterocycles. The second-order valence-corrected chi connectivity index (χ2v) is 4.17. The summed E-state index contributed by atoms with van der Waals surface area (Å²) in [6.45, 7) is 1.23. The van der Waals surface area contributed by atoms with Crippen molar-refractivity contribution >= 4 is 23.2 Å². The monoisotopic (exact) mass is 291 g/mol. The van der Waals surface area contributed by atoms with Gasteiger partial charge in [-0.3, -0.25) is 9.59 Å². The molecule has 0 saturated carbocycles. The van der Waals surface area contributed by atoms with Crippen molar-refractivity contribution < 1.29 is 18.4 Å². The second-order valence-electron chi connectivity index (χ2n) is 4.17. The topological polar surface area (TPSA) is 71.1 Å². The van der Waals surface area contributed by atoms with Gasteiger partial charge in [0.1, 0.15) is 5.82 Å². The lowest BCUT2D eigenvalue weighted by molar-refractivity contribution is -0.114. The van der Waals surface area contributed by atoms with E-state index < -0.39 is 23.6 Å². The Balaban J connectivity index is 2.22.